The molecule has 1 aromatic heterocycles. The molecule has 0 atom stereocenters. The van der Waals surface area contributed by atoms with Crippen molar-refractivity contribution in [1.29, 1.82) is 0 Å². The minimum atomic E-state index is -0.665. The molecule has 6 nitrogen and oxygen atoms in total. The van der Waals surface area contributed by atoms with Crippen LogP contribution in [0.5, 0.6) is 0 Å². The highest BCUT2D eigenvalue weighted by molar-refractivity contribution is 6.17. The monoisotopic (exact) mass is 465 g/mol. The second kappa shape index (κ2) is 8.85. The summed E-state index contributed by atoms with van der Waals surface area (Å²) >= 11 is 0. The number of amides is 1. The lowest BCUT2D eigenvalue weighted by molar-refractivity contribution is -0.136. The van der Waals surface area contributed by atoms with Gasteiger partial charge in [0.05, 0.1) is 18.0 Å². The van der Waals surface area contributed by atoms with E-state index in [0.717, 1.165) is 0 Å². The van der Waals surface area contributed by atoms with Crippen LogP contribution in [0.1, 0.15) is 48.0 Å². The van der Waals surface area contributed by atoms with Crippen LogP contribution in [0.15, 0.2) is 48.7 Å². The molecule has 0 fully saturated rings. The zero-order valence-electron chi connectivity index (χ0n) is 19.4. The van der Waals surface area contributed by atoms with E-state index in [4.69, 9.17) is 4.74 Å². The number of nitrogens with zero attached hydrogens (tertiary/aromatic N) is 2. The summed E-state index contributed by atoms with van der Waals surface area (Å²) < 4.78 is 32.6. The van der Waals surface area contributed by atoms with Gasteiger partial charge in [-0.15, -0.1) is 0 Å². The van der Waals surface area contributed by atoms with Crippen molar-refractivity contribution in [2.75, 3.05) is 13.2 Å². The number of carbonyl (C=O) groups is 2. The predicted octanol–water partition coefficient (Wildman–Crippen LogP) is 5.00. The highest BCUT2D eigenvalue weighted by Crippen LogP contribution is 2.40. The molecule has 3 aromatic rings. The summed E-state index contributed by atoms with van der Waals surface area (Å²) in [5.74, 6) is -1.76. The van der Waals surface area contributed by atoms with E-state index in [1.807, 2.05) is 13.8 Å². The Balaban J connectivity index is 1.85. The summed E-state index contributed by atoms with van der Waals surface area (Å²) in [4.78, 5) is 27.8. The molecule has 0 unspecified atom stereocenters. The van der Waals surface area contributed by atoms with Gasteiger partial charge in [-0.1, -0.05) is 13.8 Å². The molecule has 8 heteroatoms. The molecule has 0 saturated carbocycles. The lowest BCUT2D eigenvalue weighted by atomic mass is 9.80. The SMILES string of the molecule is CCOC(=O)C1=CN(C(=O)c2ccc(F)c(C)c2)CC(C)(C)c2c(-c3ccc(F)cc3)n[nH]c21. The number of ether oxygens (including phenoxy) is 1. The van der Waals surface area contributed by atoms with Crippen molar-refractivity contribution in [1.82, 2.24) is 15.1 Å². The summed E-state index contributed by atoms with van der Waals surface area (Å²) in [5.41, 5.74) is 2.51. The molecule has 1 amide bonds. The number of carbonyl (C=O) groups excluding carboxylic acids is 2. The zero-order chi connectivity index (χ0) is 24.6. The quantitative estimate of drug-likeness (QED) is 0.550. The normalized spacial score (nSPS) is 14.8. The summed E-state index contributed by atoms with van der Waals surface area (Å²) in [6.07, 6.45) is 1.46. The highest BCUT2D eigenvalue weighted by atomic mass is 19.1. The topological polar surface area (TPSA) is 75.3 Å². The van der Waals surface area contributed by atoms with Crippen LogP contribution in [-0.2, 0) is 14.9 Å². The largest absolute Gasteiger partial charge is 0.462 e. The Hall–Kier alpha value is -3.81. The number of rotatable bonds is 4. The number of hydrogen-bond donors (Lipinski definition) is 1. The molecular weight excluding hydrogens is 440 g/mol. The van der Waals surface area contributed by atoms with E-state index in [1.165, 1.54) is 41.4 Å². The highest BCUT2D eigenvalue weighted by Gasteiger charge is 2.38. The molecule has 2 heterocycles. The minimum Gasteiger partial charge on any atom is -0.462 e. The molecule has 0 radical (unpaired) electrons. The molecule has 0 bridgehead atoms. The number of hydrogen-bond acceptors (Lipinski definition) is 4. The number of esters is 1. The van der Waals surface area contributed by atoms with Crippen LogP contribution in [0, 0.1) is 18.6 Å². The Morgan fingerprint density at radius 1 is 1.15 bits per heavy atom. The van der Waals surface area contributed by atoms with Gasteiger partial charge in [0.25, 0.3) is 5.91 Å². The predicted molar refractivity (Wildman–Crippen MR) is 124 cm³/mol. The third-order valence-electron chi connectivity index (χ3n) is 5.84. The molecule has 1 N–H and O–H groups in total. The van der Waals surface area contributed by atoms with E-state index in [-0.39, 0.29) is 30.4 Å². The van der Waals surface area contributed by atoms with Gasteiger partial charge in [-0.25, -0.2) is 13.6 Å². The summed E-state index contributed by atoms with van der Waals surface area (Å²) in [5, 5.41) is 7.38. The third-order valence-corrected chi connectivity index (χ3v) is 5.84. The molecule has 4 rings (SSSR count). The molecule has 0 spiro atoms. The Morgan fingerprint density at radius 2 is 1.85 bits per heavy atom. The van der Waals surface area contributed by atoms with Crippen LogP contribution in [0.2, 0.25) is 0 Å². The standard InChI is InChI=1S/C26H25F2N3O3/c1-5-34-25(33)19-13-31(24(32)17-8-11-20(28)15(2)12-17)14-26(3,4)21-22(29-30-23(19)21)16-6-9-18(27)10-7-16/h6-13H,5,14H2,1-4H3,(H,29,30). The van der Waals surface area contributed by atoms with Crippen LogP contribution in [0.3, 0.4) is 0 Å². The van der Waals surface area contributed by atoms with E-state index in [0.29, 0.717) is 33.6 Å². The van der Waals surface area contributed by atoms with E-state index < -0.39 is 17.2 Å². The average molecular weight is 466 g/mol. The number of aromatic nitrogens is 2. The molecule has 176 valence electrons. The van der Waals surface area contributed by atoms with Crippen molar-refractivity contribution in [3.63, 3.8) is 0 Å². The second-order valence-corrected chi connectivity index (χ2v) is 8.87. The Morgan fingerprint density at radius 3 is 2.50 bits per heavy atom. The maximum absolute atomic E-state index is 13.8. The van der Waals surface area contributed by atoms with Crippen LogP contribution >= 0.6 is 0 Å². The van der Waals surface area contributed by atoms with E-state index in [1.54, 1.807) is 26.0 Å². The van der Waals surface area contributed by atoms with E-state index >= 15 is 0 Å². The van der Waals surface area contributed by atoms with Gasteiger partial charge in [0.1, 0.15) is 17.2 Å². The molecule has 34 heavy (non-hydrogen) atoms. The van der Waals surface area contributed by atoms with Crippen LogP contribution in [-0.4, -0.2) is 40.1 Å². The number of H-pyrrole nitrogens is 1. The van der Waals surface area contributed by atoms with Gasteiger partial charge < -0.3 is 9.64 Å². The molecule has 0 aliphatic carbocycles. The average Bonchev–Trinajstić information content (AvgIpc) is 3.19. The molecule has 2 aromatic carbocycles. The van der Waals surface area contributed by atoms with Crippen LogP contribution in [0.25, 0.3) is 16.8 Å². The molecule has 1 aliphatic rings. The van der Waals surface area contributed by atoms with Gasteiger partial charge >= 0.3 is 5.97 Å². The van der Waals surface area contributed by atoms with Crippen LogP contribution < -0.4 is 0 Å². The Bertz CT molecular complexity index is 1290. The number of aryl methyl sites for hydroxylation is 1. The number of fused-ring (bicyclic) bond motifs is 1. The van der Waals surface area contributed by atoms with E-state index in [2.05, 4.69) is 10.2 Å². The Labute approximate surface area is 196 Å². The zero-order valence-corrected chi connectivity index (χ0v) is 19.4. The molecule has 0 saturated heterocycles. The van der Waals surface area contributed by atoms with Gasteiger partial charge in [0.2, 0.25) is 0 Å². The lowest BCUT2D eigenvalue weighted by Crippen LogP contribution is -2.37. The van der Waals surface area contributed by atoms with E-state index in [9.17, 15) is 18.4 Å². The van der Waals surface area contributed by atoms with Gasteiger partial charge in [-0.05, 0) is 61.9 Å². The van der Waals surface area contributed by atoms with Crippen molar-refractivity contribution in [3.05, 3.63) is 82.7 Å². The Kier molecular flexibility index (Phi) is 6.08. The number of aromatic amines is 1. The molecule has 1 aliphatic heterocycles. The van der Waals surface area contributed by atoms with Crippen molar-refractivity contribution in [3.8, 4) is 11.3 Å². The second-order valence-electron chi connectivity index (χ2n) is 8.87. The van der Waals surface area contributed by atoms with Gasteiger partial charge in [0, 0.05) is 34.9 Å². The van der Waals surface area contributed by atoms with Crippen LogP contribution in [0.4, 0.5) is 8.78 Å². The maximum atomic E-state index is 13.8. The number of nitrogens with one attached hydrogen (secondary N) is 1. The smallest absolute Gasteiger partial charge is 0.341 e. The fourth-order valence-corrected chi connectivity index (χ4v) is 4.22. The van der Waals surface area contributed by atoms with Gasteiger partial charge in [0.15, 0.2) is 0 Å². The first kappa shape index (κ1) is 23.4. The first-order chi connectivity index (χ1) is 16.1. The minimum absolute atomic E-state index is 0.149. The fraction of sp³-hybridized carbons (Fsp3) is 0.269. The first-order valence-electron chi connectivity index (χ1n) is 10.9. The first-order valence-corrected chi connectivity index (χ1v) is 10.9. The van der Waals surface area contributed by atoms with Crippen molar-refractivity contribution in [2.45, 2.75) is 33.1 Å². The summed E-state index contributed by atoms with van der Waals surface area (Å²) in [6.45, 7) is 7.52. The summed E-state index contributed by atoms with van der Waals surface area (Å²) in [6, 6.07) is 10.1. The lowest BCUT2D eigenvalue weighted by Gasteiger charge is -2.30. The van der Waals surface area contributed by atoms with Gasteiger partial charge in [-0.2, -0.15) is 5.10 Å². The van der Waals surface area contributed by atoms with Gasteiger partial charge in [-0.3, -0.25) is 9.89 Å². The summed E-state index contributed by atoms with van der Waals surface area (Å²) in [7, 11) is 0. The molecular formula is C26H25F2N3O3. The third kappa shape index (κ3) is 4.23. The van der Waals surface area contributed by atoms with Crippen molar-refractivity contribution < 1.29 is 23.1 Å². The maximum Gasteiger partial charge on any atom is 0.341 e. The number of benzene rings is 2. The fourth-order valence-electron chi connectivity index (χ4n) is 4.22. The van der Waals surface area contributed by atoms with Crippen molar-refractivity contribution in [2.24, 2.45) is 0 Å². The van der Waals surface area contributed by atoms with Crippen molar-refractivity contribution >= 4 is 17.4 Å². The number of halogens is 2.